The normalized spacial score (nSPS) is 20.6. The van der Waals surface area contributed by atoms with Gasteiger partial charge in [0, 0.05) is 0 Å². The molecule has 1 heterocycles. The third-order valence-corrected chi connectivity index (χ3v) is 3.90. The van der Waals surface area contributed by atoms with Crippen molar-refractivity contribution >= 4 is 5.57 Å². The summed E-state index contributed by atoms with van der Waals surface area (Å²) in [5.41, 5.74) is 4.63. The number of hydrogen-bond acceptors (Lipinski definition) is 1. The van der Waals surface area contributed by atoms with Crippen molar-refractivity contribution in [3.63, 3.8) is 0 Å². The minimum absolute atomic E-state index is 0.902. The summed E-state index contributed by atoms with van der Waals surface area (Å²) in [6.07, 6.45) is 7.57. The molecule has 1 heteroatoms. The maximum atomic E-state index is 3.44. The topological polar surface area (TPSA) is 12.0 Å². The van der Waals surface area contributed by atoms with Crippen LogP contribution in [0.15, 0.2) is 30.3 Å². The average molecular weight is 213 g/mol. The fraction of sp³-hybridized carbons (Fsp3) is 0.467. The van der Waals surface area contributed by atoms with Gasteiger partial charge in [-0.25, -0.2) is 0 Å². The van der Waals surface area contributed by atoms with Crippen LogP contribution < -0.4 is 5.32 Å². The Morgan fingerprint density at radius 1 is 1.12 bits per heavy atom. The second-order valence-corrected chi connectivity index (χ2v) is 4.99. The minimum atomic E-state index is 0.902. The van der Waals surface area contributed by atoms with Crippen LogP contribution in [0, 0.1) is 5.92 Å². The van der Waals surface area contributed by atoms with E-state index in [9.17, 15) is 0 Å². The van der Waals surface area contributed by atoms with Crippen LogP contribution in [-0.2, 0) is 6.42 Å². The lowest BCUT2D eigenvalue weighted by molar-refractivity contribution is 0.381. The first-order valence-corrected chi connectivity index (χ1v) is 6.41. The van der Waals surface area contributed by atoms with Gasteiger partial charge in [-0.2, -0.15) is 0 Å². The molecule has 1 N–H and O–H groups in total. The van der Waals surface area contributed by atoms with Gasteiger partial charge < -0.3 is 5.32 Å². The summed E-state index contributed by atoms with van der Waals surface area (Å²) in [6.45, 7) is 2.42. The predicted octanol–water partition coefficient (Wildman–Crippen LogP) is 3.02. The highest BCUT2D eigenvalue weighted by molar-refractivity contribution is 5.73. The number of allylic oxidation sites excluding steroid dienone is 2. The molecule has 1 aliphatic carbocycles. The molecule has 1 nitrogen and oxygen atoms in total. The smallest absolute Gasteiger partial charge is 0.00462 e. The molecular formula is C15H19N. The van der Waals surface area contributed by atoms with Crippen LogP contribution in [0.4, 0.5) is 0 Å². The van der Waals surface area contributed by atoms with Gasteiger partial charge in [-0.1, -0.05) is 30.3 Å². The fourth-order valence-electron chi connectivity index (χ4n) is 2.94. The van der Waals surface area contributed by atoms with E-state index in [1.807, 2.05) is 0 Å². The lowest BCUT2D eigenvalue weighted by atomic mass is 9.89. The van der Waals surface area contributed by atoms with Gasteiger partial charge in [-0.3, -0.25) is 0 Å². The first kappa shape index (κ1) is 10.1. The van der Waals surface area contributed by atoms with Gasteiger partial charge in [0.1, 0.15) is 0 Å². The molecule has 0 unspecified atom stereocenters. The monoisotopic (exact) mass is 213 g/mol. The SMILES string of the molecule is C1=C(CC2CCNCC2)c2ccccc2C1. The molecule has 84 valence electrons. The number of nitrogens with one attached hydrogen (secondary N) is 1. The van der Waals surface area contributed by atoms with E-state index in [0.717, 1.165) is 12.3 Å². The van der Waals surface area contributed by atoms with Gasteiger partial charge >= 0.3 is 0 Å². The molecule has 1 fully saturated rings. The average Bonchev–Trinajstić information content (AvgIpc) is 2.74. The Hall–Kier alpha value is -1.08. The standard InChI is InChI=1S/C15H19N/c1-2-4-15-13(3-1)5-6-14(15)11-12-7-9-16-10-8-12/h1-4,6,12,16H,5,7-11H2. The van der Waals surface area contributed by atoms with E-state index in [2.05, 4.69) is 35.7 Å². The predicted molar refractivity (Wildman–Crippen MR) is 68.3 cm³/mol. The first-order valence-electron chi connectivity index (χ1n) is 6.41. The van der Waals surface area contributed by atoms with Crippen molar-refractivity contribution in [2.45, 2.75) is 25.7 Å². The largest absolute Gasteiger partial charge is 0.317 e. The van der Waals surface area contributed by atoms with Gasteiger partial charge in [0.2, 0.25) is 0 Å². The number of hydrogen-bond donors (Lipinski definition) is 1. The van der Waals surface area contributed by atoms with Crippen LogP contribution in [0.5, 0.6) is 0 Å². The van der Waals surface area contributed by atoms with E-state index in [0.29, 0.717) is 0 Å². The van der Waals surface area contributed by atoms with Crippen molar-refractivity contribution < 1.29 is 0 Å². The molecule has 0 atom stereocenters. The van der Waals surface area contributed by atoms with Crippen molar-refractivity contribution in [2.24, 2.45) is 5.92 Å². The molecule has 1 aliphatic heterocycles. The molecule has 2 aliphatic rings. The van der Waals surface area contributed by atoms with E-state index in [4.69, 9.17) is 0 Å². The van der Waals surface area contributed by atoms with E-state index in [1.165, 1.54) is 43.5 Å². The molecule has 3 rings (SSSR count). The zero-order chi connectivity index (χ0) is 10.8. The molecule has 1 saturated heterocycles. The van der Waals surface area contributed by atoms with E-state index in [-0.39, 0.29) is 0 Å². The maximum absolute atomic E-state index is 3.44. The van der Waals surface area contributed by atoms with E-state index >= 15 is 0 Å². The van der Waals surface area contributed by atoms with Gasteiger partial charge in [-0.15, -0.1) is 0 Å². The lowest BCUT2D eigenvalue weighted by Crippen LogP contribution is -2.27. The molecule has 16 heavy (non-hydrogen) atoms. The number of piperidine rings is 1. The number of benzene rings is 1. The summed E-state index contributed by atoms with van der Waals surface area (Å²) in [7, 11) is 0. The Morgan fingerprint density at radius 3 is 2.81 bits per heavy atom. The van der Waals surface area contributed by atoms with Crippen LogP contribution in [0.2, 0.25) is 0 Å². The van der Waals surface area contributed by atoms with Crippen LogP contribution in [0.25, 0.3) is 5.57 Å². The van der Waals surface area contributed by atoms with Crippen LogP contribution in [-0.4, -0.2) is 13.1 Å². The highest BCUT2D eigenvalue weighted by Gasteiger charge is 2.19. The van der Waals surface area contributed by atoms with Crippen LogP contribution >= 0.6 is 0 Å². The quantitative estimate of drug-likeness (QED) is 0.796. The van der Waals surface area contributed by atoms with E-state index < -0.39 is 0 Å². The Kier molecular flexibility index (Phi) is 2.79. The zero-order valence-electron chi connectivity index (χ0n) is 9.71. The third-order valence-electron chi connectivity index (χ3n) is 3.90. The second-order valence-electron chi connectivity index (χ2n) is 4.99. The van der Waals surface area contributed by atoms with Gasteiger partial charge in [0.25, 0.3) is 0 Å². The van der Waals surface area contributed by atoms with Crippen molar-refractivity contribution in [1.82, 2.24) is 5.32 Å². The second kappa shape index (κ2) is 4.42. The van der Waals surface area contributed by atoms with Crippen molar-refractivity contribution in [2.75, 3.05) is 13.1 Å². The van der Waals surface area contributed by atoms with Gasteiger partial charge in [0.15, 0.2) is 0 Å². The minimum Gasteiger partial charge on any atom is -0.317 e. The van der Waals surface area contributed by atoms with E-state index in [1.54, 1.807) is 5.57 Å². The maximum Gasteiger partial charge on any atom is -0.00462 e. The molecule has 0 amide bonds. The third kappa shape index (κ3) is 1.92. The van der Waals surface area contributed by atoms with Gasteiger partial charge in [-0.05, 0) is 61.4 Å². The molecule has 1 aromatic carbocycles. The molecule has 0 radical (unpaired) electrons. The summed E-state index contributed by atoms with van der Waals surface area (Å²) in [5.74, 6) is 0.902. The summed E-state index contributed by atoms with van der Waals surface area (Å²) >= 11 is 0. The van der Waals surface area contributed by atoms with Crippen LogP contribution in [0.1, 0.15) is 30.4 Å². The summed E-state index contributed by atoms with van der Waals surface area (Å²) in [4.78, 5) is 0. The Morgan fingerprint density at radius 2 is 1.94 bits per heavy atom. The van der Waals surface area contributed by atoms with Gasteiger partial charge in [0.05, 0.1) is 0 Å². The van der Waals surface area contributed by atoms with Crippen molar-refractivity contribution in [3.8, 4) is 0 Å². The summed E-state index contributed by atoms with van der Waals surface area (Å²) in [6, 6.07) is 8.87. The zero-order valence-corrected chi connectivity index (χ0v) is 9.71. The number of rotatable bonds is 2. The Balaban J connectivity index is 1.72. The Labute approximate surface area is 97.6 Å². The highest BCUT2D eigenvalue weighted by Crippen LogP contribution is 2.33. The lowest BCUT2D eigenvalue weighted by Gasteiger charge is -2.23. The summed E-state index contributed by atoms with van der Waals surface area (Å²) in [5, 5.41) is 3.44. The molecular weight excluding hydrogens is 194 g/mol. The molecule has 0 bridgehead atoms. The van der Waals surface area contributed by atoms with Crippen molar-refractivity contribution in [1.29, 1.82) is 0 Å². The molecule has 0 spiro atoms. The number of fused-ring (bicyclic) bond motifs is 1. The summed E-state index contributed by atoms with van der Waals surface area (Å²) < 4.78 is 0. The fourth-order valence-corrected chi connectivity index (χ4v) is 2.94. The van der Waals surface area contributed by atoms with Crippen molar-refractivity contribution in [3.05, 3.63) is 41.5 Å². The molecule has 0 aromatic heterocycles. The Bertz CT molecular complexity index is 400. The molecule has 1 aromatic rings. The van der Waals surface area contributed by atoms with Crippen LogP contribution in [0.3, 0.4) is 0 Å². The highest BCUT2D eigenvalue weighted by atomic mass is 14.9. The molecule has 0 saturated carbocycles. The first-order chi connectivity index (χ1) is 7.93.